The summed E-state index contributed by atoms with van der Waals surface area (Å²) in [5, 5.41) is 10.7. The standard InChI is InChI=1S/C23H21N5O3S/c1-13-7-9-16(10-8-13)20-22-21(25-15(3)32-22)23(31)28(27-20)12-19(30)26-18-6-4-5-17(11-18)24-14(2)29/h4-11H,12H2,1-3H3,(H,24,29)(H,26,30). The van der Waals surface area contributed by atoms with Crippen molar-refractivity contribution >= 4 is 44.7 Å². The van der Waals surface area contributed by atoms with Crippen LogP contribution < -0.4 is 16.2 Å². The number of rotatable bonds is 5. The van der Waals surface area contributed by atoms with E-state index < -0.39 is 11.5 Å². The van der Waals surface area contributed by atoms with E-state index in [-0.39, 0.29) is 12.5 Å². The SMILES string of the molecule is CC(=O)Nc1cccc(NC(=O)Cn2nc(-c3ccc(C)cc3)c3sc(C)nc3c2=O)c1. The molecule has 0 saturated heterocycles. The predicted molar refractivity (Wildman–Crippen MR) is 126 cm³/mol. The molecule has 2 heterocycles. The number of benzene rings is 2. The number of thiazole rings is 1. The van der Waals surface area contributed by atoms with Crippen LogP contribution in [0.25, 0.3) is 21.5 Å². The number of amides is 2. The van der Waals surface area contributed by atoms with Crippen molar-refractivity contribution in [3.05, 3.63) is 69.5 Å². The molecule has 2 aromatic carbocycles. The number of fused-ring (bicyclic) bond motifs is 1. The number of nitrogens with zero attached hydrogens (tertiary/aromatic N) is 3. The fourth-order valence-corrected chi connectivity index (χ4v) is 4.21. The number of carbonyl (C=O) groups excluding carboxylic acids is 2. The summed E-state index contributed by atoms with van der Waals surface area (Å²) < 4.78 is 1.85. The third kappa shape index (κ3) is 4.57. The molecule has 2 aromatic heterocycles. The number of aryl methyl sites for hydroxylation is 2. The van der Waals surface area contributed by atoms with Crippen molar-refractivity contribution in [3.63, 3.8) is 0 Å². The molecule has 8 nitrogen and oxygen atoms in total. The summed E-state index contributed by atoms with van der Waals surface area (Å²) in [5.41, 5.74) is 3.53. The van der Waals surface area contributed by atoms with Crippen LogP contribution in [0.5, 0.6) is 0 Å². The summed E-state index contributed by atoms with van der Waals surface area (Å²) in [6.45, 7) is 4.97. The normalized spacial score (nSPS) is 10.8. The lowest BCUT2D eigenvalue weighted by Gasteiger charge is -2.10. The van der Waals surface area contributed by atoms with Crippen molar-refractivity contribution in [1.82, 2.24) is 14.8 Å². The lowest BCUT2D eigenvalue weighted by molar-refractivity contribution is -0.117. The molecule has 2 N–H and O–H groups in total. The minimum Gasteiger partial charge on any atom is -0.326 e. The number of hydrogen-bond acceptors (Lipinski definition) is 6. The Labute approximate surface area is 187 Å². The maximum absolute atomic E-state index is 13.0. The number of nitrogens with one attached hydrogen (secondary N) is 2. The van der Waals surface area contributed by atoms with E-state index in [1.807, 2.05) is 38.1 Å². The van der Waals surface area contributed by atoms with Crippen molar-refractivity contribution in [1.29, 1.82) is 0 Å². The van der Waals surface area contributed by atoms with E-state index in [0.29, 0.717) is 27.3 Å². The second kappa shape index (κ2) is 8.72. The highest BCUT2D eigenvalue weighted by atomic mass is 32.1. The van der Waals surface area contributed by atoms with Crippen molar-refractivity contribution in [2.24, 2.45) is 0 Å². The van der Waals surface area contributed by atoms with E-state index in [1.165, 1.54) is 18.3 Å². The van der Waals surface area contributed by atoms with Crippen LogP contribution in [0.4, 0.5) is 11.4 Å². The Bertz CT molecular complexity index is 1390. The zero-order valence-electron chi connectivity index (χ0n) is 17.8. The smallest absolute Gasteiger partial charge is 0.294 e. The number of hydrogen-bond donors (Lipinski definition) is 2. The molecule has 32 heavy (non-hydrogen) atoms. The van der Waals surface area contributed by atoms with Crippen LogP contribution in [0.15, 0.2) is 53.3 Å². The van der Waals surface area contributed by atoms with Crippen LogP contribution in [0.3, 0.4) is 0 Å². The van der Waals surface area contributed by atoms with Crippen molar-refractivity contribution < 1.29 is 9.59 Å². The monoisotopic (exact) mass is 447 g/mol. The first-order chi connectivity index (χ1) is 15.3. The van der Waals surface area contributed by atoms with Crippen molar-refractivity contribution in [2.75, 3.05) is 10.6 Å². The summed E-state index contributed by atoms with van der Waals surface area (Å²) in [7, 11) is 0. The van der Waals surface area contributed by atoms with Gasteiger partial charge in [0.15, 0.2) is 5.52 Å². The molecule has 0 spiro atoms. The van der Waals surface area contributed by atoms with Gasteiger partial charge in [0.1, 0.15) is 12.2 Å². The molecule has 0 unspecified atom stereocenters. The Kier molecular flexibility index (Phi) is 5.83. The minimum atomic E-state index is -0.416. The van der Waals surface area contributed by atoms with Crippen LogP contribution in [-0.4, -0.2) is 26.6 Å². The first-order valence-electron chi connectivity index (χ1n) is 9.93. The summed E-state index contributed by atoms with van der Waals surface area (Å²) in [6.07, 6.45) is 0. The fourth-order valence-electron chi connectivity index (χ4n) is 3.29. The maximum Gasteiger partial charge on any atom is 0.294 e. The molecule has 0 saturated carbocycles. The van der Waals surface area contributed by atoms with Crippen LogP contribution in [0.2, 0.25) is 0 Å². The molecule has 0 aliphatic carbocycles. The third-order valence-corrected chi connectivity index (χ3v) is 5.67. The van der Waals surface area contributed by atoms with Crippen LogP contribution in [0.1, 0.15) is 17.5 Å². The Balaban J connectivity index is 1.66. The highest BCUT2D eigenvalue weighted by Crippen LogP contribution is 2.29. The van der Waals surface area contributed by atoms with E-state index >= 15 is 0 Å². The fraction of sp³-hybridized carbons (Fsp3) is 0.174. The summed E-state index contributed by atoms with van der Waals surface area (Å²) in [4.78, 5) is 41.3. The molecular weight excluding hydrogens is 426 g/mol. The number of anilines is 2. The van der Waals surface area contributed by atoms with Crippen LogP contribution in [0, 0.1) is 13.8 Å². The Morgan fingerprint density at radius 1 is 1.03 bits per heavy atom. The molecule has 0 bridgehead atoms. The molecular formula is C23H21N5O3S. The Hall–Kier alpha value is -3.85. The zero-order chi connectivity index (χ0) is 22.8. The second-order valence-electron chi connectivity index (χ2n) is 7.40. The van der Waals surface area contributed by atoms with Gasteiger partial charge >= 0.3 is 0 Å². The van der Waals surface area contributed by atoms with Crippen molar-refractivity contribution in [2.45, 2.75) is 27.3 Å². The van der Waals surface area contributed by atoms with Crippen LogP contribution in [-0.2, 0) is 16.1 Å². The van der Waals surface area contributed by atoms with E-state index in [1.54, 1.807) is 24.3 Å². The van der Waals surface area contributed by atoms with Gasteiger partial charge in [-0.2, -0.15) is 5.10 Å². The first-order valence-corrected chi connectivity index (χ1v) is 10.7. The molecule has 2 amide bonds. The van der Waals surface area contributed by atoms with Crippen molar-refractivity contribution in [3.8, 4) is 11.3 Å². The quantitative estimate of drug-likeness (QED) is 0.485. The lowest BCUT2D eigenvalue weighted by atomic mass is 10.1. The average molecular weight is 448 g/mol. The number of aromatic nitrogens is 3. The molecule has 4 rings (SSSR count). The zero-order valence-corrected chi connectivity index (χ0v) is 18.6. The molecule has 9 heteroatoms. The van der Waals surface area contributed by atoms with Gasteiger partial charge in [0.25, 0.3) is 5.56 Å². The highest BCUT2D eigenvalue weighted by Gasteiger charge is 2.18. The summed E-state index contributed by atoms with van der Waals surface area (Å²) in [5.74, 6) is -0.625. The van der Waals surface area contributed by atoms with E-state index in [9.17, 15) is 14.4 Å². The average Bonchev–Trinajstić information content (AvgIpc) is 3.12. The first kappa shape index (κ1) is 21.4. The lowest BCUT2D eigenvalue weighted by Crippen LogP contribution is -2.30. The van der Waals surface area contributed by atoms with Gasteiger partial charge in [0.05, 0.1) is 9.71 Å². The van der Waals surface area contributed by atoms with Gasteiger partial charge in [0, 0.05) is 23.9 Å². The third-order valence-electron chi connectivity index (χ3n) is 4.69. The van der Waals surface area contributed by atoms with Gasteiger partial charge in [-0.1, -0.05) is 35.9 Å². The topological polar surface area (TPSA) is 106 Å². The van der Waals surface area contributed by atoms with Gasteiger partial charge in [-0.15, -0.1) is 11.3 Å². The second-order valence-corrected chi connectivity index (χ2v) is 8.60. The van der Waals surface area contributed by atoms with Gasteiger partial charge in [-0.25, -0.2) is 9.67 Å². The molecule has 0 radical (unpaired) electrons. The Morgan fingerprint density at radius 2 is 1.72 bits per heavy atom. The molecule has 162 valence electrons. The molecule has 0 aliphatic heterocycles. The van der Waals surface area contributed by atoms with Crippen LogP contribution >= 0.6 is 11.3 Å². The molecule has 0 atom stereocenters. The van der Waals surface area contributed by atoms with Gasteiger partial charge in [-0.3, -0.25) is 14.4 Å². The molecule has 0 aliphatic rings. The largest absolute Gasteiger partial charge is 0.326 e. The van der Waals surface area contributed by atoms with E-state index in [2.05, 4.69) is 20.7 Å². The molecule has 0 fully saturated rings. The van der Waals surface area contributed by atoms with Gasteiger partial charge < -0.3 is 10.6 Å². The van der Waals surface area contributed by atoms with Gasteiger partial charge in [0.2, 0.25) is 11.8 Å². The minimum absolute atomic E-state index is 0.209. The highest BCUT2D eigenvalue weighted by molar-refractivity contribution is 7.19. The van der Waals surface area contributed by atoms with E-state index in [0.717, 1.165) is 20.8 Å². The van der Waals surface area contributed by atoms with E-state index in [4.69, 9.17) is 0 Å². The maximum atomic E-state index is 13.0. The Morgan fingerprint density at radius 3 is 2.41 bits per heavy atom. The predicted octanol–water partition coefficient (Wildman–Crippen LogP) is 3.73. The molecule has 4 aromatic rings. The van der Waals surface area contributed by atoms with Gasteiger partial charge in [-0.05, 0) is 32.0 Å². The number of carbonyl (C=O) groups is 2. The summed E-state index contributed by atoms with van der Waals surface area (Å²) in [6, 6.07) is 14.6. The summed E-state index contributed by atoms with van der Waals surface area (Å²) >= 11 is 1.41.